The Morgan fingerprint density at radius 3 is 2.02 bits per heavy atom. The van der Waals surface area contributed by atoms with Gasteiger partial charge in [-0.25, -0.2) is 13.2 Å². The van der Waals surface area contributed by atoms with Crippen LogP contribution >= 0.6 is 25.3 Å². The van der Waals surface area contributed by atoms with Crippen LogP contribution in [0.2, 0.25) is 0 Å². The number of carbonyl (C=O) groups excluding carboxylic acids is 4. The number of thiol groups is 2. The zero-order valence-electron chi connectivity index (χ0n) is 27.0. The lowest BCUT2D eigenvalue weighted by atomic mass is 9.71. The summed E-state index contributed by atoms with van der Waals surface area (Å²) in [6, 6.07) is 0. The second-order valence-electron chi connectivity index (χ2n) is 12.8. The second-order valence-corrected chi connectivity index (χ2v) is 15.5. The predicted octanol–water partition coefficient (Wildman–Crippen LogP) is 2.66. The molecule has 0 aromatic carbocycles. The SMILES string of the molecule is CCC(C)(CC(C)(C)C(=O)NCCCNC(=O)CCCCC(S)CCS)C(=O)NCCC[N+](C)(C)C(=O)CCS(=O)(=O)[O-]. The third-order valence-electron chi connectivity index (χ3n) is 7.81. The van der Waals surface area contributed by atoms with Crippen molar-refractivity contribution in [1.82, 2.24) is 16.0 Å². The summed E-state index contributed by atoms with van der Waals surface area (Å²) in [6.07, 6.45) is 5.75. The van der Waals surface area contributed by atoms with E-state index in [1.807, 2.05) is 27.7 Å². The van der Waals surface area contributed by atoms with E-state index in [2.05, 4.69) is 41.2 Å². The number of nitrogens with one attached hydrogen (secondary N) is 3. The molecule has 0 aliphatic rings. The van der Waals surface area contributed by atoms with Crippen molar-refractivity contribution in [2.45, 2.75) is 97.2 Å². The molecule has 0 saturated carbocycles. The predicted molar refractivity (Wildman–Crippen MR) is 176 cm³/mol. The second kappa shape index (κ2) is 19.9. The third kappa shape index (κ3) is 18.3. The standard InChI is InChI=1S/C29H56N4O7S3/c1-7-29(4,27(37)32-18-11-19-33(5,6)25(35)15-21-43(38,39)40)22-28(2,3)26(36)31-17-10-16-30-24(34)13-9-8-12-23(42)14-20-41/h23H,7-22H2,1-6H3,(H5-,30,31,32,34,36,37,38,39,40,41,42). The topological polar surface area (TPSA) is 162 Å². The number of amides is 4. The van der Waals surface area contributed by atoms with Gasteiger partial charge in [-0.15, -0.1) is 0 Å². The highest BCUT2D eigenvalue weighted by Gasteiger charge is 2.40. The van der Waals surface area contributed by atoms with E-state index in [-0.39, 0.29) is 34.5 Å². The van der Waals surface area contributed by atoms with Crippen LogP contribution in [0.1, 0.15) is 91.9 Å². The minimum Gasteiger partial charge on any atom is -0.748 e. The lowest BCUT2D eigenvalue weighted by Gasteiger charge is -2.35. The fourth-order valence-electron chi connectivity index (χ4n) is 4.76. The monoisotopic (exact) mass is 668 g/mol. The van der Waals surface area contributed by atoms with Crippen molar-refractivity contribution in [2.24, 2.45) is 10.8 Å². The number of unbranched alkanes of at least 4 members (excludes halogenated alkanes) is 1. The molecule has 0 heterocycles. The molecule has 2 atom stereocenters. The van der Waals surface area contributed by atoms with Crippen LogP contribution in [0, 0.1) is 10.8 Å². The van der Waals surface area contributed by atoms with Gasteiger partial charge in [0.15, 0.2) is 0 Å². The molecule has 4 amide bonds. The molecule has 0 radical (unpaired) electrons. The molecule has 0 rings (SSSR count). The smallest absolute Gasteiger partial charge is 0.314 e. The van der Waals surface area contributed by atoms with E-state index in [0.29, 0.717) is 63.5 Å². The summed E-state index contributed by atoms with van der Waals surface area (Å²) >= 11 is 8.71. The fourth-order valence-corrected chi connectivity index (χ4v) is 6.01. The molecule has 14 heteroatoms. The minimum atomic E-state index is -4.46. The van der Waals surface area contributed by atoms with Crippen LogP contribution in [0.25, 0.3) is 0 Å². The zero-order chi connectivity index (χ0) is 33.3. The molecule has 11 nitrogen and oxygen atoms in total. The Labute approximate surface area is 270 Å². The maximum atomic E-state index is 13.1. The van der Waals surface area contributed by atoms with Gasteiger partial charge in [0.2, 0.25) is 17.7 Å². The summed E-state index contributed by atoms with van der Waals surface area (Å²) in [4.78, 5) is 50.4. The van der Waals surface area contributed by atoms with Gasteiger partial charge in [0.1, 0.15) is 0 Å². The fraction of sp³-hybridized carbons (Fsp3) is 0.862. The Hall–Kier alpha value is -1.35. The van der Waals surface area contributed by atoms with Gasteiger partial charge in [-0.05, 0) is 44.3 Å². The number of hydrogen-bond acceptors (Lipinski definition) is 9. The van der Waals surface area contributed by atoms with Gasteiger partial charge < -0.3 is 20.5 Å². The van der Waals surface area contributed by atoms with E-state index in [0.717, 1.165) is 31.4 Å². The molecule has 0 aromatic rings. The van der Waals surface area contributed by atoms with Gasteiger partial charge in [0.25, 0.3) is 0 Å². The van der Waals surface area contributed by atoms with Gasteiger partial charge in [0, 0.05) is 48.6 Å². The average molecular weight is 669 g/mol. The zero-order valence-corrected chi connectivity index (χ0v) is 29.6. The molecule has 2 unspecified atom stereocenters. The van der Waals surface area contributed by atoms with E-state index in [9.17, 15) is 32.1 Å². The maximum Gasteiger partial charge on any atom is 0.314 e. The van der Waals surface area contributed by atoms with Crippen LogP contribution < -0.4 is 16.0 Å². The van der Waals surface area contributed by atoms with Gasteiger partial charge >= 0.3 is 5.91 Å². The molecule has 0 saturated heterocycles. The van der Waals surface area contributed by atoms with Gasteiger partial charge in [0.05, 0.1) is 42.9 Å². The average Bonchev–Trinajstić information content (AvgIpc) is 2.90. The number of hydrogen-bond donors (Lipinski definition) is 5. The molecule has 0 aromatic heterocycles. The summed E-state index contributed by atoms with van der Waals surface area (Å²) in [7, 11) is -1.18. The Morgan fingerprint density at radius 2 is 1.44 bits per heavy atom. The number of nitrogens with zero attached hydrogens (tertiary/aromatic N) is 1. The van der Waals surface area contributed by atoms with Gasteiger partial charge in [-0.2, -0.15) is 25.3 Å². The highest BCUT2D eigenvalue weighted by molar-refractivity contribution is 7.85. The first-order valence-corrected chi connectivity index (χ1v) is 17.9. The third-order valence-corrected chi connectivity index (χ3v) is 9.29. The Balaban J connectivity index is 4.53. The highest BCUT2D eigenvalue weighted by atomic mass is 32.2. The Kier molecular flexibility index (Phi) is 19.3. The van der Waals surface area contributed by atoms with Crippen molar-refractivity contribution in [3.63, 3.8) is 0 Å². The van der Waals surface area contributed by atoms with E-state index in [1.165, 1.54) is 0 Å². The van der Waals surface area contributed by atoms with Crippen molar-refractivity contribution in [1.29, 1.82) is 0 Å². The van der Waals surface area contributed by atoms with Crippen LogP contribution in [-0.4, -0.2) is 98.1 Å². The molecule has 43 heavy (non-hydrogen) atoms. The van der Waals surface area contributed by atoms with Crippen LogP contribution in [0.15, 0.2) is 0 Å². The molecular formula is C29H56N4O7S3. The maximum absolute atomic E-state index is 13.1. The van der Waals surface area contributed by atoms with Crippen LogP contribution in [0.5, 0.6) is 0 Å². The number of quaternary nitrogens is 1. The summed E-state index contributed by atoms with van der Waals surface area (Å²) < 4.78 is 32.4. The largest absolute Gasteiger partial charge is 0.748 e. The molecular weight excluding hydrogens is 613 g/mol. The number of carbonyl (C=O) groups is 4. The quantitative estimate of drug-likeness (QED) is 0.0484. The molecule has 0 aliphatic carbocycles. The van der Waals surface area contributed by atoms with Crippen molar-refractivity contribution in [2.75, 3.05) is 51.8 Å². The highest BCUT2D eigenvalue weighted by Crippen LogP contribution is 2.37. The summed E-state index contributed by atoms with van der Waals surface area (Å²) in [6.45, 7) is 8.91. The van der Waals surface area contributed by atoms with Crippen molar-refractivity contribution >= 4 is 59.0 Å². The van der Waals surface area contributed by atoms with E-state index < -0.39 is 26.7 Å². The van der Waals surface area contributed by atoms with Crippen molar-refractivity contribution in [3.05, 3.63) is 0 Å². The Bertz CT molecular complexity index is 1010. The summed E-state index contributed by atoms with van der Waals surface area (Å²) in [5.41, 5.74) is -1.60. The first-order chi connectivity index (χ1) is 19.8. The minimum absolute atomic E-state index is 0.00472. The molecule has 0 aliphatic heterocycles. The van der Waals surface area contributed by atoms with Gasteiger partial charge in [-0.1, -0.05) is 34.1 Å². The van der Waals surface area contributed by atoms with E-state index >= 15 is 0 Å². The normalized spacial score (nSPS) is 14.4. The number of rotatable bonds is 23. The van der Waals surface area contributed by atoms with E-state index in [1.54, 1.807) is 14.1 Å². The first-order valence-electron chi connectivity index (χ1n) is 15.2. The lowest BCUT2D eigenvalue weighted by Crippen LogP contribution is -2.49. The summed E-state index contributed by atoms with van der Waals surface area (Å²) in [5.74, 6) is -0.617. The van der Waals surface area contributed by atoms with Crippen LogP contribution in [0.3, 0.4) is 0 Å². The van der Waals surface area contributed by atoms with Crippen molar-refractivity contribution < 1.29 is 36.6 Å². The molecule has 0 fully saturated rings. The van der Waals surface area contributed by atoms with Crippen LogP contribution in [0.4, 0.5) is 0 Å². The van der Waals surface area contributed by atoms with Gasteiger partial charge in [-0.3, -0.25) is 18.9 Å². The lowest BCUT2D eigenvalue weighted by molar-refractivity contribution is -0.814. The summed E-state index contributed by atoms with van der Waals surface area (Å²) in [5, 5.41) is 9.07. The first kappa shape index (κ1) is 41.7. The van der Waals surface area contributed by atoms with Crippen LogP contribution in [-0.2, 0) is 29.3 Å². The molecule has 3 N–H and O–H groups in total. The molecule has 252 valence electrons. The molecule has 0 bridgehead atoms. The molecule has 0 spiro atoms. The Morgan fingerprint density at radius 1 is 0.860 bits per heavy atom. The van der Waals surface area contributed by atoms with Crippen molar-refractivity contribution in [3.8, 4) is 0 Å². The van der Waals surface area contributed by atoms with E-state index in [4.69, 9.17) is 0 Å².